The molecule has 0 radical (unpaired) electrons. The van der Waals surface area contributed by atoms with Gasteiger partial charge in [0.1, 0.15) is 0 Å². The van der Waals surface area contributed by atoms with Gasteiger partial charge < -0.3 is 15.2 Å². The third-order valence-corrected chi connectivity index (χ3v) is 3.38. The van der Waals surface area contributed by atoms with Crippen molar-refractivity contribution in [3.05, 3.63) is 0 Å². The van der Waals surface area contributed by atoms with Crippen LogP contribution in [-0.2, 0) is 9.53 Å². The number of hydrogen-bond acceptors (Lipinski definition) is 5. The summed E-state index contributed by atoms with van der Waals surface area (Å²) in [6.45, 7) is 6.87. The molecule has 2 unspecified atom stereocenters. The molecule has 0 aliphatic carbocycles. The Kier molecular flexibility index (Phi) is 5.36. The number of nitrogens with zero attached hydrogens (tertiary/aromatic N) is 1. The second-order valence-corrected chi connectivity index (χ2v) is 4.82. The van der Waals surface area contributed by atoms with Gasteiger partial charge in [0.25, 0.3) is 0 Å². The number of nitrogens with one attached hydrogen (secondary N) is 1. The first kappa shape index (κ1) is 14.4. The Bertz CT molecular complexity index is 256. The molecule has 0 spiro atoms. The van der Waals surface area contributed by atoms with E-state index in [1.807, 2.05) is 0 Å². The van der Waals surface area contributed by atoms with Crippen LogP contribution in [0.5, 0.6) is 0 Å². The predicted molar refractivity (Wildman–Crippen MR) is 65.8 cm³/mol. The number of carbonyl (C=O) groups excluding carboxylic acids is 1. The molecule has 1 aliphatic rings. The molecule has 1 saturated heterocycles. The molecule has 1 rings (SSSR count). The largest absolute Gasteiger partial charge is 0.467 e. The van der Waals surface area contributed by atoms with E-state index in [0.29, 0.717) is 6.04 Å². The molecule has 0 saturated carbocycles. The lowest BCUT2D eigenvalue weighted by atomic mass is 10.1. The van der Waals surface area contributed by atoms with E-state index in [2.05, 4.69) is 21.9 Å². The first-order valence-corrected chi connectivity index (χ1v) is 6.27. The quantitative estimate of drug-likeness (QED) is 0.643. The van der Waals surface area contributed by atoms with Crippen LogP contribution in [0.15, 0.2) is 0 Å². The highest BCUT2D eigenvalue weighted by molar-refractivity contribution is 5.78. The lowest BCUT2D eigenvalue weighted by Gasteiger charge is -2.25. The lowest BCUT2D eigenvalue weighted by molar-refractivity contribution is -0.159. The molecule has 17 heavy (non-hydrogen) atoms. The Hall–Kier alpha value is -0.650. The second-order valence-electron chi connectivity index (χ2n) is 4.82. The van der Waals surface area contributed by atoms with Gasteiger partial charge in [-0.25, -0.2) is 4.79 Å². The van der Waals surface area contributed by atoms with Crippen LogP contribution in [0.1, 0.15) is 26.7 Å². The van der Waals surface area contributed by atoms with Crippen LogP contribution < -0.4 is 5.32 Å². The third kappa shape index (κ3) is 3.94. The Morgan fingerprint density at radius 3 is 2.94 bits per heavy atom. The monoisotopic (exact) mass is 244 g/mol. The number of hydrogen-bond donors (Lipinski definition) is 2. The van der Waals surface area contributed by atoms with E-state index < -0.39 is 11.6 Å². The van der Waals surface area contributed by atoms with Crippen molar-refractivity contribution in [2.45, 2.75) is 38.3 Å². The first-order chi connectivity index (χ1) is 8.01. The minimum absolute atomic E-state index is 0.230. The van der Waals surface area contributed by atoms with Gasteiger partial charge in [-0.3, -0.25) is 4.90 Å². The van der Waals surface area contributed by atoms with Crippen molar-refractivity contribution in [1.29, 1.82) is 0 Å². The normalized spacial score (nSPS) is 24.6. The zero-order valence-corrected chi connectivity index (χ0v) is 11.0. The highest BCUT2D eigenvalue weighted by Crippen LogP contribution is 2.15. The van der Waals surface area contributed by atoms with Gasteiger partial charge in [-0.15, -0.1) is 0 Å². The fourth-order valence-corrected chi connectivity index (χ4v) is 2.32. The summed E-state index contributed by atoms with van der Waals surface area (Å²) < 4.78 is 4.54. The summed E-state index contributed by atoms with van der Waals surface area (Å²) >= 11 is 0. The number of carbonyl (C=O) groups is 1. The maximum Gasteiger partial charge on any atom is 0.338 e. The summed E-state index contributed by atoms with van der Waals surface area (Å²) in [6.07, 6.45) is 2.41. The third-order valence-electron chi connectivity index (χ3n) is 3.38. The highest BCUT2D eigenvalue weighted by Gasteiger charge is 2.31. The van der Waals surface area contributed by atoms with Crippen LogP contribution in [0, 0.1) is 0 Å². The number of methoxy groups -OCH3 is 1. The molecule has 0 bridgehead atoms. The van der Waals surface area contributed by atoms with Crippen LogP contribution >= 0.6 is 0 Å². The zero-order chi connectivity index (χ0) is 12.9. The average molecular weight is 244 g/mol. The van der Waals surface area contributed by atoms with Crippen LogP contribution in [0.4, 0.5) is 0 Å². The summed E-state index contributed by atoms with van der Waals surface area (Å²) in [4.78, 5) is 13.7. The molecule has 2 N–H and O–H groups in total. The predicted octanol–water partition coefficient (Wildman–Crippen LogP) is -0.0157. The van der Waals surface area contributed by atoms with Gasteiger partial charge in [0, 0.05) is 19.1 Å². The van der Waals surface area contributed by atoms with Gasteiger partial charge in [-0.2, -0.15) is 0 Å². The number of aliphatic hydroxyl groups is 1. The smallest absolute Gasteiger partial charge is 0.338 e. The Morgan fingerprint density at radius 1 is 1.65 bits per heavy atom. The van der Waals surface area contributed by atoms with Crippen LogP contribution in [0.3, 0.4) is 0 Å². The number of ether oxygens (including phenoxy) is 1. The highest BCUT2D eigenvalue weighted by atomic mass is 16.5. The molecule has 0 aromatic rings. The van der Waals surface area contributed by atoms with E-state index in [-0.39, 0.29) is 6.54 Å². The molecule has 0 amide bonds. The van der Waals surface area contributed by atoms with Crippen molar-refractivity contribution in [3.8, 4) is 0 Å². The van der Waals surface area contributed by atoms with Crippen LogP contribution in [-0.4, -0.2) is 60.9 Å². The maximum atomic E-state index is 11.3. The van der Waals surface area contributed by atoms with Crippen molar-refractivity contribution < 1.29 is 14.6 Å². The zero-order valence-electron chi connectivity index (χ0n) is 11.0. The summed E-state index contributed by atoms with van der Waals surface area (Å²) in [5, 5.41) is 13.0. The Morgan fingerprint density at radius 2 is 2.35 bits per heavy atom. The van der Waals surface area contributed by atoms with Gasteiger partial charge in [-0.05, 0) is 32.9 Å². The minimum Gasteiger partial charge on any atom is -0.467 e. The van der Waals surface area contributed by atoms with Crippen LogP contribution in [0.2, 0.25) is 0 Å². The topological polar surface area (TPSA) is 61.8 Å². The molecular weight excluding hydrogens is 220 g/mol. The van der Waals surface area contributed by atoms with E-state index in [1.165, 1.54) is 26.9 Å². The van der Waals surface area contributed by atoms with Crippen molar-refractivity contribution in [1.82, 2.24) is 10.2 Å². The standard InChI is InChI=1S/C12H24N2O3/c1-4-14-7-5-6-10(14)8-13-9-12(2,16)11(15)17-3/h10,13,16H,4-9H2,1-3H3. The molecule has 1 aliphatic heterocycles. The molecule has 5 heteroatoms. The number of likely N-dealkylation sites (N-methyl/N-ethyl adjacent to an activating group) is 1. The summed E-state index contributed by atoms with van der Waals surface area (Å²) in [5.41, 5.74) is -1.44. The molecule has 1 heterocycles. The SMILES string of the molecule is CCN1CCCC1CNCC(C)(O)C(=O)OC. The maximum absolute atomic E-state index is 11.3. The Labute approximate surface area is 103 Å². The van der Waals surface area contributed by atoms with Gasteiger partial charge in [0.05, 0.1) is 7.11 Å². The van der Waals surface area contributed by atoms with Crippen molar-refractivity contribution in [2.24, 2.45) is 0 Å². The molecule has 100 valence electrons. The minimum atomic E-state index is -1.44. The van der Waals surface area contributed by atoms with E-state index in [4.69, 9.17) is 0 Å². The fraction of sp³-hybridized carbons (Fsp3) is 0.917. The molecule has 2 atom stereocenters. The van der Waals surface area contributed by atoms with Crippen molar-refractivity contribution >= 4 is 5.97 Å². The van der Waals surface area contributed by atoms with Crippen molar-refractivity contribution in [3.63, 3.8) is 0 Å². The molecular formula is C12H24N2O3. The lowest BCUT2D eigenvalue weighted by Crippen LogP contribution is -2.48. The summed E-state index contributed by atoms with van der Waals surface area (Å²) in [7, 11) is 1.28. The van der Waals surface area contributed by atoms with E-state index in [1.54, 1.807) is 0 Å². The summed E-state index contributed by atoms with van der Waals surface area (Å²) in [5.74, 6) is -0.594. The number of esters is 1. The van der Waals surface area contributed by atoms with E-state index >= 15 is 0 Å². The number of likely N-dealkylation sites (tertiary alicyclic amines) is 1. The van der Waals surface area contributed by atoms with Crippen LogP contribution in [0.25, 0.3) is 0 Å². The molecule has 5 nitrogen and oxygen atoms in total. The molecule has 0 aromatic carbocycles. The first-order valence-electron chi connectivity index (χ1n) is 6.27. The molecule has 0 aromatic heterocycles. The average Bonchev–Trinajstić information content (AvgIpc) is 2.75. The Balaban J connectivity index is 2.29. The van der Waals surface area contributed by atoms with Gasteiger partial charge in [-0.1, -0.05) is 6.92 Å². The van der Waals surface area contributed by atoms with Crippen molar-refractivity contribution in [2.75, 3.05) is 33.3 Å². The fourth-order valence-electron chi connectivity index (χ4n) is 2.32. The van der Waals surface area contributed by atoms with Gasteiger partial charge >= 0.3 is 5.97 Å². The second kappa shape index (κ2) is 6.33. The van der Waals surface area contributed by atoms with E-state index in [9.17, 15) is 9.90 Å². The number of rotatable bonds is 6. The van der Waals surface area contributed by atoms with E-state index in [0.717, 1.165) is 19.6 Å². The van der Waals surface area contributed by atoms with Gasteiger partial charge in [0.2, 0.25) is 0 Å². The molecule has 1 fully saturated rings. The van der Waals surface area contributed by atoms with Gasteiger partial charge in [0.15, 0.2) is 5.60 Å². The summed E-state index contributed by atoms with van der Waals surface area (Å²) in [6, 6.07) is 0.522.